The van der Waals surface area contributed by atoms with Crippen LogP contribution in [-0.4, -0.2) is 24.4 Å². The first-order valence-electron chi connectivity index (χ1n) is 7.01. The van der Waals surface area contributed by atoms with E-state index in [0.717, 1.165) is 6.42 Å². The highest BCUT2D eigenvalue weighted by molar-refractivity contribution is 5.44. The van der Waals surface area contributed by atoms with Gasteiger partial charge in [-0.25, -0.2) is 0 Å². The molecule has 100 valence electrons. The normalized spacial score (nSPS) is 53.5. The van der Waals surface area contributed by atoms with E-state index in [-0.39, 0.29) is 17.6 Å². The summed E-state index contributed by atoms with van der Waals surface area (Å²) >= 11 is 0. The molecular weight excluding hydrogens is 224 g/mol. The van der Waals surface area contributed by atoms with Crippen LogP contribution in [0.1, 0.15) is 27.2 Å². The van der Waals surface area contributed by atoms with Gasteiger partial charge in [0, 0.05) is 24.4 Å². The Balaban J connectivity index is 2.06. The number of aliphatic hydroxyl groups is 1. The average molecular weight is 248 g/mol. The number of hydrogen-bond acceptors (Lipinski definition) is 2. The molecule has 1 N–H and O–H groups in total. The van der Waals surface area contributed by atoms with Crippen molar-refractivity contribution < 1.29 is 9.84 Å². The monoisotopic (exact) mass is 248 g/mol. The third kappa shape index (κ3) is 1.21. The molecule has 7 atom stereocenters. The second kappa shape index (κ2) is 3.71. The zero-order valence-electron chi connectivity index (χ0n) is 11.8. The first kappa shape index (κ1) is 12.4. The molecule has 0 aliphatic heterocycles. The number of ether oxygens (including phenoxy) is 1. The molecule has 3 rings (SSSR count). The average Bonchev–Trinajstić information content (AvgIpc) is 2.90. The van der Waals surface area contributed by atoms with E-state index in [1.807, 2.05) is 0 Å². The number of rotatable bonds is 2. The second-order valence-electron chi connectivity index (χ2n) is 6.64. The van der Waals surface area contributed by atoms with Gasteiger partial charge in [0.15, 0.2) is 0 Å². The Kier molecular flexibility index (Phi) is 2.56. The summed E-state index contributed by atoms with van der Waals surface area (Å²) in [4.78, 5) is 0. The van der Waals surface area contributed by atoms with E-state index < -0.39 is 0 Å². The predicted molar refractivity (Wildman–Crippen MR) is 72.1 cm³/mol. The van der Waals surface area contributed by atoms with Gasteiger partial charge in [-0.2, -0.15) is 0 Å². The van der Waals surface area contributed by atoms with Crippen LogP contribution in [0, 0.1) is 29.1 Å². The molecule has 0 bridgehead atoms. The minimum absolute atomic E-state index is 0.156. The molecule has 18 heavy (non-hydrogen) atoms. The Hall–Kier alpha value is -0.600. The Labute approximate surface area is 110 Å². The number of methoxy groups -OCH3 is 1. The zero-order valence-corrected chi connectivity index (χ0v) is 11.8. The molecule has 0 amide bonds. The Morgan fingerprint density at radius 2 is 2.17 bits per heavy atom. The van der Waals surface area contributed by atoms with E-state index in [1.54, 1.807) is 7.11 Å². The molecule has 3 aliphatic rings. The summed E-state index contributed by atoms with van der Waals surface area (Å²) < 4.78 is 5.69. The maximum absolute atomic E-state index is 10.4. The number of allylic oxidation sites excluding steroid dienone is 2. The van der Waals surface area contributed by atoms with Crippen LogP contribution in [0.2, 0.25) is 0 Å². The third-order valence-electron chi connectivity index (χ3n) is 5.76. The minimum atomic E-state index is -0.170. The molecule has 2 fully saturated rings. The predicted octanol–water partition coefficient (Wildman–Crippen LogP) is 2.79. The lowest BCUT2D eigenvalue weighted by atomic mass is 9.69. The molecule has 2 saturated carbocycles. The number of hydrogen-bond donors (Lipinski definition) is 1. The maximum Gasteiger partial charge on any atom is 0.0794 e. The van der Waals surface area contributed by atoms with Crippen LogP contribution >= 0.6 is 0 Å². The van der Waals surface area contributed by atoms with E-state index >= 15 is 0 Å². The molecule has 0 radical (unpaired) electrons. The summed E-state index contributed by atoms with van der Waals surface area (Å²) in [5.74, 6) is 1.88. The summed E-state index contributed by atoms with van der Waals surface area (Å²) in [6.45, 7) is 10.7. The van der Waals surface area contributed by atoms with Gasteiger partial charge in [0.25, 0.3) is 0 Å². The van der Waals surface area contributed by atoms with Gasteiger partial charge in [0.05, 0.1) is 12.2 Å². The molecule has 0 saturated heterocycles. The van der Waals surface area contributed by atoms with Crippen LogP contribution in [0.5, 0.6) is 0 Å². The summed E-state index contributed by atoms with van der Waals surface area (Å²) in [5.41, 5.74) is 2.80. The molecule has 2 heteroatoms. The second-order valence-corrected chi connectivity index (χ2v) is 6.64. The molecule has 3 aliphatic carbocycles. The van der Waals surface area contributed by atoms with Crippen LogP contribution in [-0.2, 0) is 4.74 Å². The first-order chi connectivity index (χ1) is 8.46. The van der Waals surface area contributed by atoms with Gasteiger partial charge < -0.3 is 9.84 Å². The van der Waals surface area contributed by atoms with E-state index in [4.69, 9.17) is 4.74 Å². The van der Waals surface area contributed by atoms with Crippen LogP contribution in [0.25, 0.3) is 0 Å². The smallest absolute Gasteiger partial charge is 0.0794 e. The van der Waals surface area contributed by atoms with Gasteiger partial charge in [0.2, 0.25) is 0 Å². The highest BCUT2D eigenvalue weighted by Crippen LogP contribution is 2.77. The lowest BCUT2D eigenvalue weighted by Gasteiger charge is -2.38. The van der Waals surface area contributed by atoms with E-state index in [0.29, 0.717) is 23.7 Å². The lowest BCUT2D eigenvalue weighted by Crippen LogP contribution is -2.39. The lowest BCUT2D eigenvalue weighted by molar-refractivity contribution is -0.0117. The Bertz CT molecular complexity index is 425. The third-order valence-corrected chi connectivity index (χ3v) is 5.76. The quantitative estimate of drug-likeness (QED) is 0.761. The summed E-state index contributed by atoms with van der Waals surface area (Å²) in [6, 6.07) is 0. The van der Waals surface area contributed by atoms with Crippen molar-refractivity contribution in [1.29, 1.82) is 0 Å². The van der Waals surface area contributed by atoms with Gasteiger partial charge in [-0.3, -0.25) is 0 Å². The summed E-state index contributed by atoms with van der Waals surface area (Å²) in [5, 5.41) is 10.4. The van der Waals surface area contributed by atoms with E-state index in [1.165, 1.54) is 11.1 Å². The molecule has 1 spiro atoms. The molecule has 0 aromatic heterocycles. The van der Waals surface area contributed by atoms with Crippen molar-refractivity contribution in [2.24, 2.45) is 29.1 Å². The molecule has 0 heterocycles. The first-order valence-corrected chi connectivity index (χ1v) is 7.01. The standard InChI is InChI=1S/C16H24O2/c1-8(2)13-15-11(17)6-9(3)14-12(18-5)7-10(4)16(13,14)15/h7,9,11-15,17H,1,6H2,2-5H3/t9-,11+,12+,13+,14-,15-,16-/m0/s1. The maximum atomic E-state index is 10.4. The van der Waals surface area contributed by atoms with Crippen molar-refractivity contribution in [3.8, 4) is 0 Å². The highest BCUT2D eigenvalue weighted by atomic mass is 16.5. The van der Waals surface area contributed by atoms with Crippen molar-refractivity contribution in [3.05, 3.63) is 23.8 Å². The Morgan fingerprint density at radius 3 is 2.72 bits per heavy atom. The van der Waals surface area contributed by atoms with Crippen LogP contribution in [0.3, 0.4) is 0 Å². The SMILES string of the molecule is C=C(C)[C@@H]1[C@@H]2[C@H](O)C[C@H](C)[C@H]3[C@H](OC)C=C(C)[C@@]231. The minimum Gasteiger partial charge on any atom is -0.393 e. The molecule has 0 unspecified atom stereocenters. The summed E-state index contributed by atoms with van der Waals surface area (Å²) in [7, 11) is 1.80. The van der Waals surface area contributed by atoms with Crippen molar-refractivity contribution in [2.45, 2.75) is 39.4 Å². The summed E-state index contributed by atoms with van der Waals surface area (Å²) in [6.07, 6.45) is 3.24. The fourth-order valence-electron chi connectivity index (χ4n) is 5.34. The fourth-order valence-corrected chi connectivity index (χ4v) is 5.34. The number of aliphatic hydroxyl groups excluding tert-OH is 1. The fraction of sp³-hybridized carbons (Fsp3) is 0.750. The van der Waals surface area contributed by atoms with E-state index in [9.17, 15) is 5.11 Å². The Morgan fingerprint density at radius 1 is 1.50 bits per heavy atom. The van der Waals surface area contributed by atoms with Gasteiger partial charge >= 0.3 is 0 Å². The molecule has 0 aromatic carbocycles. The van der Waals surface area contributed by atoms with Gasteiger partial charge in [-0.1, -0.05) is 30.7 Å². The van der Waals surface area contributed by atoms with Crippen molar-refractivity contribution in [1.82, 2.24) is 0 Å². The van der Waals surface area contributed by atoms with E-state index in [2.05, 4.69) is 33.4 Å². The highest BCUT2D eigenvalue weighted by Gasteiger charge is 2.76. The van der Waals surface area contributed by atoms with Crippen molar-refractivity contribution in [3.63, 3.8) is 0 Å². The zero-order chi connectivity index (χ0) is 13.2. The largest absolute Gasteiger partial charge is 0.393 e. The molecular formula is C16H24O2. The molecule has 2 nitrogen and oxygen atoms in total. The van der Waals surface area contributed by atoms with Crippen molar-refractivity contribution >= 4 is 0 Å². The van der Waals surface area contributed by atoms with Gasteiger partial charge in [-0.05, 0) is 32.1 Å². The van der Waals surface area contributed by atoms with Crippen LogP contribution in [0.4, 0.5) is 0 Å². The van der Waals surface area contributed by atoms with Gasteiger partial charge in [-0.15, -0.1) is 0 Å². The molecule has 0 aromatic rings. The van der Waals surface area contributed by atoms with Crippen LogP contribution < -0.4 is 0 Å². The van der Waals surface area contributed by atoms with Crippen molar-refractivity contribution in [2.75, 3.05) is 7.11 Å². The van der Waals surface area contributed by atoms with Crippen LogP contribution in [0.15, 0.2) is 23.8 Å². The topological polar surface area (TPSA) is 29.5 Å². The van der Waals surface area contributed by atoms with Gasteiger partial charge in [0.1, 0.15) is 0 Å².